The molecule has 0 aromatic heterocycles. The molecule has 3 heteroatoms. The summed E-state index contributed by atoms with van der Waals surface area (Å²) in [5.41, 5.74) is 1.88. The van der Waals surface area contributed by atoms with Crippen molar-refractivity contribution in [3.8, 4) is 0 Å². The van der Waals surface area contributed by atoms with E-state index in [-0.39, 0.29) is 11.4 Å². The van der Waals surface area contributed by atoms with Crippen molar-refractivity contribution in [1.82, 2.24) is 5.32 Å². The quantitative estimate of drug-likeness (QED) is 0.895. The fraction of sp³-hybridized carbons (Fsp3) is 0.647. The van der Waals surface area contributed by atoms with E-state index >= 15 is 0 Å². The van der Waals surface area contributed by atoms with Crippen LogP contribution in [0.2, 0.25) is 0 Å². The van der Waals surface area contributed by atoms with Gasteiger partial charge in [-0.3, -0.25) is 0 Å². The van der Waals surface area contributed by atoms with Crippen LogP contribution in [0.4, 0.5) is 10.1 Å². The van der Waals surface area contributed by atoms with Gasteiger partial charge in [-0.15, -0.1) is 0 Å². The summed E-state index contributed by atoms with van der Waals surface area (Å²) in [5.74, 6) is -0.0940. The van der Waals surface area contributed by atoms with E-state index in [1.807, 2.05) is 6.07 Å². The van der Waals surface area contributed by atoms with Crippen LogP contribution in [0.25, 0.3) is 0 Å². The van der Waals surface area contributed by atoms with Gasteiger partial charge >= 0.3 is 0 Å². The monoisotopic (exact) mass is 278 g/mol. The molecular formula is C17H27FN2. The number of benzene rings is 1. The summed E-state index contributed by atoms with van der Waals surface area (Å²) in [6.45, 7) is 9.01. The number of hydrogen-bond donors (Lipinski definition) is 1. The Kier molecular flexibility index (Phi) is 5.03. The molecule has 1 fully saturated rings. The normalized spacial score (nSPS) is 17.1. The highest BCUT2D eigenvalue weighted by atomic mass is 19.1. The molecule has 112 valence electrons. The predicted molar refractivity (Wildman–Crippen MR) is 83.7 cm³/mol. The molecule has 1 heterocycles. The van der Waals surface area contributed by atoms with Crippen molar-refractivity contribution in [2.45, 2.75) is 58.5 Å². The molecule has 0 unspecified atom stereocenters. The maximum Gasteiger partial charge on any atom is 0.129 e. The molecule has 0 bridgehead atoms. The maximum absolute atomic E-state index is 14.2. The highest BCUT2D eigenvalue weighted by Crippen LogP contribution is 2.26. The van der Waals surface area contributed by atoms with Gasteiger partial charge in [0.05, 0.1) is 0 Å². The Hall–Kier alpha value is -1.09. The first-order valence-corrected chi connectivity index (χ1v) is 7.75. The highest BCUT2D eigenvalue weighted by Gasteiger charge is 2.18. The van der Waals surface area contributed by atoms with Crippen LogP contribution in [0, 0.1) is 5.82 Å². The van der Waals surface area contributed by atoms with Crippen LogP contribution in [0.3, 0.4) is 0 Å². The summed E-state index contributed by atoms with van der Waals surface area (Å²) < 4.78 is 14.2. The van der Waals surface area contributed by atoms with Crippen molar-refractivity contribution >= 4 is 5.69 Å². The lowest BCUT2D eigenvalue weighted by molar-refractivity contribution is 0.418. The Morgan fingerprint density at radius 2 is 1.75 bits per heavy atom. The van der Waals surface area contributed by atoms with Gasteiger partial charge in [0.25, 0.3) is 0 Å². The number of anilines is 1. The second-order valence-corrected chi connectivity index (χ2v) is 6.74. The molecule has 0 spiro atoms. The Labute approximate surface area is 122 Å². The van der Waals surface area contributed by atoms with Crippen molar-refractivity contribution < 1.29 is 4.39 Å². The van der Waals surface area contributed by atoms with Crippen molar-refractivity contribution in [1.29, 1.82) is 0 Å². The first kappa shape index (κ1) is 15.3. The standard InChI is InChI=1S/C17H27FN2/c1-17(2,3)19-13-14-15(18)9-8-10-16(14)20-11-6-4-5-7-12-20/h8-10,19H,4-7,11-13H2,1-3H3. The zero-order valence-corrected chi connectivity index (χ0v) is 13.0. The Bertz CT molecular complexity index is 429. The van der Waals surface area contributed by atoms with Crippen molar-refractivity contribution in [2.75, 3.05) is 18.0 Å². The van der Waals surface area contributed by atoms with Crippen LogP contribution in [-0.4, -0.2) is 18.6 Å². The molecule has 0 aliphatic carbocycles. The topological polar surface area (TPSA) is 15.3 Å². The summed E-state index contributed by atoms with van der Waals surface area (Å²) in [6.07, 6.45) is 5.01. The SMILES string of the molecule is CC(C)(C)NCc1c(F)cccc1N1CCCCCC1. The van der Waals surface area contributed by atoms with Gasteiger partial charge in [-0.25, -0.2) is 4.39 Å². The van der Waals surface area contributed by atoms with Crippen LogP contribution in [-0.2, 0) is 6.54 Å². The molecule has 2 rings (SSSR count). The second-order valence-electron chi connectivity index (χ2n) is 6.74. The zero-order valence-electron chi connectivity index (χ0n) is 13.0. The van der Waals surface area contributed by atoms with E-state index in [2.05, 4.69) is 37.1 Å². The van der Waals surface area contributed by atoms with Crippen molar-refractivity contribution in [2.24, 2.45) is 0 Å². The van der Waals surface area contributed by atoms with E-state index in [0.29, 0.717) is 6.54 Å². The number of nitrogens with one attached hydrogen (secondary N) is 1. The van der Waals surface area contributed by atoms with Crippen LogP contribution < -0.4 is 10.2 Å². The van der Waals surface area contributed by atoms with Crippen LogP contribution in [0.1, 0.15) is 52.0 Å². The zero-order chi connectivity index (χ0) is 14.6. The molecular weight excluding hydrogens is 251 g/mol. The largest absolute Gasteiger partial charge is 0.371 e. The average molecular weight is 278 g/mol. The number of nitrogens with zero attached hydrogens (tertiary/aromatic N) is 1. The first-order chi connectivity index (χ1) is 9.47. The minimum atomic E-state index is -0.0940. The summed E-state index contributed by atoms with van der Waals surface area (Å²) >= 11 is 0. The van der Waals surface area contributed by atoms with Crippen molar-refractivity contribution in [3.63, 3.8) is 0 Å². The third-order valence-corrected chi connectivity index (χ3v) is 3.84. The molecule has 20 heavy (non-hydrogen) atoms. The van der Waals surface area contributed by atoms with Gasteiger partial charge in [0, 0.05) is 36.4 Å². The van der Waals surface area contributed by atoms with E-state index < -0.39 is 0 Å². The smallest absolute Gasteiger partial charge is 0.129 e. The lowest BCUT2D eigenvalue weighted by Crippen LogP contribution is -2.36. The van der Waals surface area contributed by atoms with Gasteiger partial charge in [0.15, 0.2) is 0 Å². The van der Waals surface area contributed by atoms with E-state index in [1.165, 1.54) is 25.7 Å². The van der Waals surface area contributed by atoms with Gasteiger partial charge in [0.1, 0.15) is 5.82 Å². The molecule has 2 nitrogen and oxygen atoms in total. The molecule has 0 saturated carbocycles. The van der Waals surface area contributed by atoms with Crippen molar-refractivity contribution in [3.05, 3.63) is 29.6 Å². The van der Waals surface area contributed by atoms with Crippen LogP contribution >= 0.6 is 0 Å². The molecule has 0 atom stereocenters. The highest BCUT2D eigenvalue weighted by molar-refractivity contribution is 5.54. The third-order valence-electron chi connectivity index (χ3n) is 3.84. The lowest BCUT2D eigenvalue weighted by Gasteiger charge is -2.28. The van der Waals surface area contributed by atoms with Crippen LogP contribution in [0.5, 0.6) is 0 Å². The van der Waals surface area contributed by atoms with E-state index in [9.17, 15) is 4.39 Å². The Morgan fingerprint density at radius 1 is 1.10 bits per heavy atom. The fourth-order valence-electron chi connectivity index (χ4n) is 2.68. The summed E-state index contributed by atoms with van der Waals surface area (Å²) in [5, 5.41) is 3.41. The number of halogens is 1. The fourth-order valence-corrected chi connectivity index (χ4v) is 2.68. The lowest BCUT2D eigenvalue weighted by atomic mass is 10.1. The van der Waals surface area contributed by atoms with Crippen LogP contribution in [0.15, 0.2) is 18.2 Å². The molecule has 0 amide bonds. The summed E-state index contributed by atoms with van der Waals surface area (Å²) in [6, 6.07) is 5.46. The maximum atomic E-state index is 14.2. The van der Waals surface area contributed by atoms with E-state index in [0.717, 1.165) is 24.3 Å². The Morgan fingerprint density at radius 3 is 2.35 bits per heavy atom. The van der Waals surface area contributed by atoms with Gasteiger partial charge in [-0.1, -0.05) is 18.9 Å². The van der Waals surface area contributed by atoms with Gasteiger partial charge in [-0.05, 0) is 45.7 Å². The van der Waals surface area contributed by atoms with E-state index in [1.54, 1.807) is 6.07 Å². The number of rotatable bonds is 3. The van der Waals surface area contributed by atoms with Gasteiger partial charge in [-0.2, -0.15) is 0 Å². The molecule has 1 aromatic carbocycles. The third kappa shape index (κ3) is 4.20. The summed E-state index contributed by atoms with van der Waals surface area (Å²) in [7, 11) is 0. The molecule has 1 saturated heterocycles. The first-order valence-electron chi connectivity index (χ1n) is 7.75. The minimum Gasteiger partial charge on any atom is -0.371 e. The molecule has 1 aliphatic heterocycles. The van der Waals surface area contributed by atoms with Gasteiger partial charge in [0.2, 0.25) is 0 Å². The second kappa shape index (κ2) is 6.57. The Balaban J connectivity index is 2.20. The molecule has 0 radical (unpaired) electrons. The molecule has 1 N–H and O–H groups in total. The molecule has 1 aromatic rings. The van der Waals surface area contributed by atoms with Gasteiger partial charge < -0.3 is 10.2 Å². The number of hydrogen-bond acceptors (Lipinski definition) is 2. The molecule has 1 aliphatic rings. The summed E-state index contributed by atoms with van der Waals surface area (Å²) in [4.78, 5) is 2.36. The minimum absolute atomic E-state index is 0.00165. The predicted octanol–water partition coefficient (Wildman–Crippen LogP) is 4.09. The average Bonchev–Trinajstić information content (AvgIpc) is 2.64. The van der Waals surface area contributed by atoms with E-state index in [4.69, 9.17) is 0 Å².